The Bertz CT molecular complexity index is 369. The van der Waals surface area contributed by atoms with Gasteiger partial charge in [-0.2, -0.15) is 0 Å². The van der Waals surface area contributed by atoms with Crippen molar-refractivity contribution in [3.8, 4) is 0 Å². The summed E-state index contributed by atoms with van der Waals surface area (Å²) in [5.41, 5.74) is 0. The van der Waals surface area contributed by atoms with E-state index < -0.39 is 24.4 Å². The van der Waals surface area contributed by atoms with E-state index in [1.165, 1.54) is 77.0 Å². The molecule has 0 radical (unpaired) electrons. The summed E-state index contributed by atoms with van der Waals surface area (Å²) in [6, 6.07) is 0. The lowest BCUT2D eigenvalue weighted by Crippen LogP contribution is -2.46. The van der Waals surface area contributed by atoms with Crippen molar-refractivity contribution in [1.82, 2.24) is 0 Å². The minimum absolute atomic E-state index is 0.125. The van der Waals surface area contributed by atoms with Crippen LogP contribution in [-0.2, 0) is 4.74 Å². The van der Waals surface area contributed by atoms with E-state index in [-0.39, 0.29) is 6.61 Å². The van der Waals surface area contributed by atoms with E-state index in [2.05, 4.69) is 12.1 Å². The second-order valence-corrected chi connectivity index (χ2v) is 7.97. The molecule has 7 heteroatoms. The number of aliphatic hydroxyl groups excluding tert-OH is 4. The van der Waals surface area contributed by atoms with Crippen molar-refractivity contribution >= 4 is 6.21 Å². The van der Waals surface area contributed by atoms with Crippen LogP contribution in [0.4, 0.5) is 0 Å². The maximum absolute atomic E-state index is 9.77. The van der Waals surface area contributed by atoms with Crippen LogP contribution in [0.5, 0.6) is 0 Å². The Balaban J connectivity index is 3.40. The second-order valence-electron chi connectivity index (χ2n) is 7.97. The van der Waals surface area contributed by atoms with Crippen molar-refractivity contribution < 1.29 is 30.4 Å². The van der Waals surface area contributed by atoms with Gasteiger partial charge in [0.15, 0.2) is 0 Å². The van der Waals surface area contributed by atoms with Crippen LogP contribution < -0.4 is 0 Å². The lowest BCUT2D eigenvalue weighted by molar-refractivity contribution is -0.109. The van der Waals surface area contributed by atoms with E-state index in [4.69, 9.17) is 9.94 Å². The maximum Gasteiger partial charge on any atom is 0.121 e. The highest BCUT2D eigenvalue weighted by Gasteiger charge is 2.29. The summed E-state index contributed by atoms with van der Waals surface area (Å²) in [6.07, 6.45) is 12.5. The van der Waals surface area contributed by atoms with E-state index >= 15 is 0 Å². The van der Waals surface area contributed by atoms with Gasteiger partial charge in [-0.3, -0.25) is 0 Å². The molecule has 0 aliphatic rings. The van der Waals surface area contributed by atoms with Gasteiger partial charge in [0.25, 0.3) is 0 Å². The van der Waals surface area contributed by atoms with Crippen molar-refractivity contribution in [2.45, 2.75) is 121 Å². The van der Waals surface area contributed by atoms with Crippen molar-refractivity contribution in [1.29, 1.82) is 0 Å². The molecule has 0 amide bonds. The van der Waals surface area contributed by atoms with Gasteiger partial charge >= 0.3 is 0 Å². The van der Waals surface area contributed by atoms with E-state index in [0.717, 1.165) is 12.8 Å². The van der Waals surface area contributed by atoms with Gasteiger partial charge < -0.3 is 30.4 Å². The Morgan fingerprint density at radius 2 is 1.14 bits per heavy atom. The lowest BCUT2D eigenvalue weighted by atomic mass is 10.0. The summed E-state index contributed by atoms with van der Waals surface area (Å²) in [6.45, 7) is 2.61. The monoisotopic (exact) mass is 419 g/mol. The molecule has 0 aliphatic heterocycles. The molecule has 0 aromatic heterocycles. The third kappa shape index (κ3) is 16.7. The van der Waals surface area contributed by atoms with Gasteiger partial charge in [0, 0.05) is 6.61 Å². The average molecular weight is 420 g/mol. The zero-order valence-electron chi connectivity index (χ0n) is 18.3. The van der Waals surface area contributed by atoms with Crippen LogP contribution in [0.2, 0.25) is 0 Å². The van der Waals surface area contributed by atoms with Crippen molar-refractivity contribution in [2.24, 2.45) is 5.16 Å². The van der Waals surface area contributed by atoms with Gasteiger partial charge in [-0.1, -0.05) is 95.6 Å². The molecule has 174 valence electrons. The predicted octanol–water partition coefficient (Wildman–Crippen LogP) is 3.39. The molecule has 7 nitrogen and oxygen atoms in total. The third-order valence-corrected chi connectivity index (χ3v) is 5.24. The van der Waals surface area contributed by atoms with Gasteiger partial charge in [0.1, 0.15) is 24.4 Å². The largest absolute Gasteiger partial charge is 0.411 e. The first-order chi connectivity index (χ1) is 14.0. The zero-order valence-corrected chi connectivity index (χ0v) is 18.3. The highest BCUT2D eigenvalue weighted by atomic mass is 16.5. The summed E-state index contributed by atoms with van der Waals surface area (Å²) in [7, 11) is 0. The maximum atomic E-state index is 9.77. The molecule has 29 heavy (non-hydrogen) atoms. The molecule has 0 bridgehead atoms. The third-order valence-electron chi connectivity index (χ3n) is 5.24. The molecule has 0 aromatic rings. The van der Waals surface area contributed by atoms with Crippen molar-refractivity contribution in [2.75, 3.05) is 13.2 Å². The highest BCUT2D eigenvalue weighted by Crippen LogP contribution is 2.13. The summed E-state index contributed by atoms with van der Waals surface area (Å²) < 4.78 is 5.33. The molecule has 0 saturated heterocycles. The summed E-state index contributed by atoms with van der Waals surface area (Å²) in [4.78, 5) is 0. The minimum atomic E-state index is -1.65. The molecule has 0 unspecified atom stereocenters. The molecule has 5 N–H and O–H groups in total. The van der Waals surface area contributed by atoms with Gasteiger partial charge in [-0.15, -0.1) is 0 Å². The Hall–Kier alpha value is -0.730. The molecule has 0 saturated carbocycles. The van der Waals surface area contributed by atoms with Gasteiger partial charge in [0.2, 0.25) is 0 Å². The van der Waals surface area contributed by atoms with Crippen LogP contribution in [-0.4, -0.2) is 69.5 Å². The van der Waals surface area contributed by atoms with Crippen molar-refractivity contribution in [3.05, 3.63) is 0 Å². The first kappa shape index (κ1) is 28.3. The summed E-state index contributed by atoms with van der Waals surface area (Å²) >= 11 is 0. The summed E-state index contributed by atoms with van der Waals surface area (Å²) in [5, 5.41) is 49.4. The predicted molar refractivity (Wildman–Crippen MR) is 115 cm³/mol. The fraction of sp³-hybridized carbons (Fsp3) is 0.955. The molecule has 4 atom stereocenters. The Morgan fingerprint density at radius 3 is 1.59 bits per heavy atom. The number of aliphatic hydroxyl groups is 4. The van der Waals surface area contributed by atoms with Gasteiger partial charge in [-0.25, -0.2) is 0 Å². The first-order valence-corrected chi connectivity index (χ1v) is 11.5. The van der Waals surface area contributed by atoms with E-state index in [1.807, 2.05) is 0 Å². The molecular formula is C22H45NO6. The molecule has 0 aromatic carbocycles. The number of ether oxygens (including phenoxy) is 1. The average Bonchev–Trinajstić information content (AvgIpc) is 2.72. The van der Waals surface area contributed by atoms with Gasteiger partial charge in [0.05, 0.1) is 12.8 Å². The number of rotatable bonds is 21. The fourth-order valence-corrected chi connectivity index (χ4v) is 3.29. The zero-order chi connectivity index (χ0) is 21.7. The van der Waals surface area contributed by atoms with Crippen LogP contribution in [0, 0.1) is 0 Å². The number of nitrogens with zero attached hydrogens (tertiary/aromatic N) is 1. The Kier molecular flexibility index (Phi) is 20.0. The summed E-state index contributed by atoms with van der Waals surface area (Å²) in [5.74, 6) is 0. The fourth-order valence-electron chi connectivity index (χ4n) is 3.29. The van der Waals surface area contributed by atoms with Crippen LogP contribution in [0.15, 0.2) is 5.16 Å². The topological polar surface area (TPSA) is 123 Å². The number of hydrogen-bond acceptors (Lipinski definition) is 7. The number of unbranched alkanes of at least 4 members (excludes halogenated alkanes) is 13. The van der Waals surface area contributed by atoms with Crippen molar-refractivity contribution in [3.63, 3.8) is 0 Å². The molecule has 0 spiro atoms. The smallest absolute Gasteiger partial charge is 0.121 e. The quantitative estimate of drug-likeness (QED) is 0.0841. The molecule has 0 fully saturated rings. The Morgan fingerprint density at radius 1 is 0.690 bits per heavy atom. The standard InChI is InChI=1S/C22H45NO6/c1-2-3-4-5-6-7-8-9-10-11-12-13-14-15-16-29-18-20(25)22(27)21(26)19(24)17-23-28/h17,19-22,24-28H,2-16,18H2,1H3/b23-17+/t19-,20+,21+,22-/m0/s1. The van der Waals surface area contributed by atoms with Crippen LogP contribution in [0.25, 0.3) is 0 Å². The number of hydrogen-bond donors (Lipinski definition) is 5. The van der Waals surface area contributed by atoms with E-state index in [9.17, 15) is 20.4 Å². The lowest BCUT2D eigenvalue weighted by Gasteiger charge is -2.24. The van der Waals surface area contributed by atoms with Crippen LogP contribution in [0.1, 0.15) is 96.8 Å². The van der Waals surface area contributed by atoms with E-state index in [0.29, 0.717) is 12.8 Å². The molecular weight excluding hydrogens is 374 g/mol. The normalized spacial score (nSPS) is 16.2. The minimum Gasteiger partial charge on any atom is -0.411 e. The van der Waals surface area contributed by atoms with Crippen LogP contribution >= 0.6 is 0 Å². The Labute approximate surface area is 176 Å². The molecule has 0 rings (SSSR count). The molecule has 0 heterocycles. The SMILES string of the molecule is CCCCCCCCCCCCCCCCOC[C@@H](O)[C@H](O)[C@H](O)[C@@H](O)/C=N/O. The number of oxime groups is 1. The second kappa shape index (κ2) is 20.5. The van der Waals surface area contributed by atoms with Gasteiger partial charge in [-0.05, 0) is 6.42 Å². The van der Waals surface area contributed by atoms with E-state index in [1.54, 1.807) is 0 Å². The molecule has 0 aliphatic carbocycles. The van der Waals surface area contributed by atoms with Crippen LogP contribution in [0.3, 0.4) is 0 Å². The highest BCUT2D eigenvalue weighted by molar-refractivity contribution is 5.62. The first-order valence-electron chi connectivity index (χ1n) is 11.5.